The summed E-state index contributed by atoms with van der Waals surface area (Å²) in [7, 11) is 0. The van der Waals surface area contributed by atoms with Crippen LogP contribution in [0.3, 0.4) is 0 Å². The average Bonchev–Trinajstić information content (AvgIpc) is 3.31. The third kappa shape index (κ3) is 3.75. The first kappa shape index (κ1) is 17.4. The molecule has 27 heavy (non-hydrogen) atoms. The molecule has 1 aliphatic heterocycles. The van der Waals surface area contributed by atoms with Crippen molar-refractivity contribution < 1.29 is 4.79 Å². The normalized spacial score (nSPS) is 13.0. The van der Waals surface area contributed by atoms with Gasteiger partial charge in [0.2, 0.25) is 0 Å². The SMILES string of the molecule is CC(=O)Cc1cc(-c2nc(-c3ccccc3)c(C3=NN=CC3)s2)cc(C)n1. The fraction of sp³-hybridized carbons (Fsp3) is 0.190. The summed E-state index contributed by atoms with van der Waals surface area (Å²) in [6.07, 6.45) is 2.86. The van der Waals surface area contributed by atoms with Gasteiger partial charge in [-0.2, -0.15) is 10.2 Å². The highest BCUT2D eigenvalue weighted by molar-refractivity contribution is 7.17. The van der Waals surface area contributed by atoms with Crippen LogP contribution in [0.4, 0.5) is 0 Å². The molecule has 0 fully saturated rings. The molecule has 6 heteroatoms. The second-order valence-electron chi connectivity index (χ2n) is 6.48. The number of rotatable bonds is 5. The van der Waals surface area contributed by atoms with Crippen molar-refractivity contribution in [3.05, 3.63) is 58.7 Å². The molecular formula is C21H18N4OS. The van der Waals surface area contributed by atoms with Gasteiger partial charge in [0.05, 0.1) is 16.3 Å². The van der Waals surface area contributed by atoms with E-state index in [2.05, 4.69) is 27.3 Å². The van der Waals surface area contributed by atoms with E-state index >= 15 is 0 Å². The van der Waals surface area contributed by atoms with Crippen molar-refractivity contribution in [2.75, 3.05) is 0 Å². The number of benzene rings is 1. The van der Waals surface area contributed by atoms with E-state index in [0.717, 1.165) is 43.8 Å². The molecule has 0 amide bonds. The first-order valence-corrected chi connectivity index (χ1v) is 9.54. The zero-order valence-electron chi connectivity index (χ0n) is 15.1. The van der Waals surface area contributed by atoms with E-state index in [9.17, 15) is 4.79 Å². The number of Topliss-reactive ketones (excluding diaryl/α,β-unsaturated/α-hetero) is 1. The molecule has 0 aliphatic carbocycles. The van der Waals surface area contributed by atoms with Crippen LogP contribution in [0, 0.1) is 6.92 Å². The van der Waals surface area contributed by atoms with E-state index in [1.54, 1.807) is 18.3 Å². The molecule has 0 bridgehead atoms. The number of hydrogen-bond acceptors (Lipinski definition) is 6. The quantitative estimate of drug-likeness (QED) is 0.661. The number of carbonyl (C=O) groups excluding carboxylic acids is 1. The molecule has 0 unspecified atom stereocenters. The fourth-order valence-electron chi connectivity index (χ4n) is 3.05. The van der Waals surface area contributed by atoms with Crippen LogP contribution >= 0.6 is 11.3 Å². The number of carbonyl (C=O) groups is 1. The maximum absolute atomic E-state index is 11.5. The van der Waals surface area contributed by atoms with E-state index < -0.39 is 0 Å². The highest BCUT2D eigenvalue weighted by Gasteiger charge is 2.20. The Morgan fingerprint density at radius 1 is 1.11 bits per heavy atom. The zero-order valence-corrected chi connectivity index (χ0v) is 16.0. The molecule has 0 spiro atoms. The van der Waals surface area contributed by atoms with Crippen molar-refractivity contribution in [3.63, 3.8) is 0 Å². The van der Waals surface area contributed by atoms with Gasteiger partial charge in [-0.25, -0.2) is 4.98 Å². The minimum absolute atomic E-state index is 0.0984. The van der Waals surface area contributed by atoms with Crippen molar-refractivity contribution in [2.24, 2.45) is 10.2 Å². The van der Waals surface area contributed by atoms with Crippen molar-refractivity contribution in [1.29, 1.82) is 0 Å². The lowest BCUT2D eigenvalue weighted by Gasteiger charge is -2.03. The molecule has 0 saturated carbocycles. The highest BCUT2D eigenvalue weighted by atomic mass is 32.1. The Balaban J connectivity index is 1.83. The molecule has 3 heterocycles. The van der Waals surface area contributed by atoms with Crippen LogP contribution in [0.5, 0.6) is 0 Å². The number of thiazole rings is 1. The topological polar surface area (TPSA) is 67.6 Å². The third-order valence-corrected chi connectivity index (χ3v) is 5.32. The van der Waals surface area contributed by atoms with Crippen LogP contribution in [0.1, 0.15) is 29.6 Å². The maximum Gasteiger partial charge on any atom is 0.135 e. The molecule has 5 nitrogen and oxygen atoms in total. The van der Waals surface area contributed by atoms with Gasteiger partial charge in [-0.3, -0.25) is 9.78 Å². The molecule has 0 N–H and O–H groups in total. The van der Waals surface area contributed by atoms with Gasteiger partial charge >= 0.3 is 0 Å². The van der Waals surface area contributed by atoms with Crippen molar-refractivity contribution in [1.82, 2.24) is 9.97 Å². The summed E-state index contributed by atoms with van der Waals surface area (Å²) in [4.78, 5) is 21.9. The van der Waals surface area contributed by atoms with Crippen molar-refractivity contribution in [2.45, 2.75) is 26.7 Å². The molecular weight excluding hydrogens is 356 g/mol. The van der Waals surface area contributed by atoms with Gasteiger partial charge in [0, 0.05) is 41.6 Å². The van der Waals surface area contributed by atoms with Crippen LogP contribution < -0.4 is 0 Å². The van der Waals surface area contributed by atoms with Gasteiger partial charge in [0.1, 0.15) is 10.8 Å². The van der Waals surface area contributed by atoms with Gasteiger partial charge in [-0.1, -0.05) is 30.3 Å². The highest BCUT2D eigenvalue weighted by Crippen LogP contribution is 2.35. The summed E-state index contributed by atoms with van der Waals surface area (Å²) < 4.78 is 0. The molecule has 3 aromatic rings. The summed E-state index contributed by atoms with van der Waals surface area (Å²) in [5, 5.41) is 9.18. The van der Waals surface area contributed by atoms with E-state index in [1.807, 2.05) is 43.5 Å². The van der Waals surface area contributed by atoms with Crippen molar-refractivity contribution >= 4 is 29.0 Å². The molecule has 4 rings (SSSR count). The largest absolute Gasteiger partial charge is 0.300 e. The first-order chi connectivity index (χ1) is 13.1. The Kier molecular flexibility index (Phi) is 4.73. The van der Waals surface area contributed by atoms with E-state index in [1.165, 1.54) is 0 Å². The predicted octanol–water partition coefficient (Wildman–Crippen LogP) is 4.49. The molecule has 1 aliphatic rings. The summed E-state index contributed by atoms with van der Waals surface area (Å²) >= 11 is 1.61. The number of hydrogen-bond donors (Lipinski definition) is 0. The lowest BCUT2D eigenvalue weighted by molar-refractivity contribution is -0.116. The number of aromatic nitrogens is 2. The average molecular weight is 374 g/mol. The smallest absolute Gasteiger partial charge is 0.135 e. The van der Waals surface area contributed by atoms with Crippen molar-refractivity contribution in [3.8, 4) is 21.8 Å². The minimum Gasteiger partial charge on any atom is -0.300 e. The predicted molar refractivity (Wildman–Crippen MR) is 110 cm³/mol. The van der Waals surface area contributed by atoms with E-state index in [0.29, 0.717) is 12.8 Å². The fourth-order valence-corrected chi connectivity index (χ4v) is 4.12. The lowest BCUT2D eigenvalue weighted by Crippen LogP contribution is -2.00. The molecule has 0 atom stereocenters. The summed E-state index contributed by atoms with van der Waals surface area (Å²) in [6.45, 7) is 3.52. The van der Waals surface area contributed by atoms with Gasteiger partial charge < -0.3 is 0 Å². The van der Waals surface area contributed by atoms with Crippen LogP contribution in [-0.4, -0.2) is 27.7 Å². The molecule has 1 aromatic carbocycles. The standard InChI is InChI=1S/C21H18N4OS/c1-13-10-16(12-17(23-13)11-14(2)26)21-24-19(15-6-4-3-5-7-15)20(27-21)18-8-9-22-25-18/h3-7,9-10,12H,8,11H2,1-2H3. The second kappa shape index (κ2) is 7.32. The number of nitrogens with zero attached hydrogens (tertiary/aromatic N) is 4. The van der Waals surface area contributed by atoms with Gasteiger partial charge in [-0.05, 0) is 26.0 Å². The maximum atomic E-state index is 11.5. The summed E-state index contributed by atoms with van der Waals surface area (Å²) in [5.41, 5.74) is 5.54. The first-order valence-electron chi connectivity index (χ1n) is 8.72. The molecule has 134 valence electrons. The van der Waals surface area contributed by atoms with Crippen LogP contribution in [-0.2, 0) is 11.2 Å². The van der Waals surface area contributed by atoms with E-state index in [-0.39, 0.29) is 5.78 Å². The third-order valence-electron chi connectivity index (χ3n) is 4.16. The van der Waals surface area contributed by atoms with Crippen LogP contribution in [0.2, 0.25) is 0 Å². The molecule has 2 aromatic heterocycles. The summed E-state index contributed by atoms with van der Waals surface area (Å²) in [5.74, 6) is 0.0984. The minimum atomic E-state index is 0.0984. The number of aryl methyl sites for hydroxylation is 1. The Hall–Kier alpha value is -2.99. The Morgan fingerprint density at radius 2 is 1.93 bits per heavy atom. The van der Waals surface area contributed by atoms with Gasteiger partial charge in [-0.15, -0.1) is 11.3 Å². The number of pyridine rings is 1. The van der Waals surface area contributed by atoms with Crippen LogP contribution in [0.25, 0.3) is 21.8 Å². The Bertz CT molecular complexity index is 1070. The van der Waals surface area contributed by atoms with Crippen LogP contribution in [0.15, 0.2) is 52.7 Å². The monoisotopic (exact) mass is 374 g/mol. The van der Waals surface area contributed by atoms with Gasteiger partial charge in [0.25, 0.3) is 0 Å². The Labute approximate surface area is 161 Å². The Morgan fingerprint density at radius 3 is 2.63 bits per heavy atom. The van der Waals surface area contributed by atoms with Gasteiger partial charge in [0.15, 0.2) is 0 Å². The summed E-state index contributed by atoms with van der Waals surface area (Å²) in [6, 6.07) is 14.1. The number of ketones is 1. The lowest BCUT2D eigenvalue weighted by atomic mass is 10.1. The second-order valence-corrected chi connectivity index (χ2v) is 7.48. The molecule has 0 saturated heterocycles. The molecule has 0 radical (unpaired) electrons. The zero-order chi connectivity index (χ0) is 18.8. The van der Waals surface area contributed by atoms with E-state index in [4.69, 9.17) is 4.98 Å².